The van der Waals surface area contributed by atoms with Crippen molar-refractivity contribution in [3.63, 3.8) is 0 Å². The van der Waals surface area contributed by atoms with Gasteiger partial charge in [0, 0.05) is 30.7 Å². The van der Waals surface area contributed by atoms with Gasteiger partial charge < -0.3 is 16.0 Å². The van der Waals surface area contributed by atoms with Crippen molar-refractivity contribution in [3.8, 4) is 0 Å². The number of carbonyl (C=O) groups is 2. The normalized spacial score (nSPS) is 17.2. The van der Waals surface area contributed by atoms with Gasteiger partial charge in [-0.3, -0.25) is 9.59 Å². The molecule has 0 saturated carbocycles. The molecule has 1 heterocycles. The van der Waals surface area contributed by atoms with E-state index in [0.717, 1.165) is 12.1 Å². The summed E-state index contributed by atoms with van der Waals surface area (Å²) in [6, 6.07) is 2.09. The Hall–Kier alpha value is -1.25. The van der Waals surface area contributed by atoms with E-state index in [1.807, 2.05) is 0 Å². The van der Waals surface area contributed by atoms with E-state index in [4.69, 9.17) is 5.73 Å². The second kappa shape index (κ2) is 9.29. The lowest BCUT2D eigenvalue weighted by atomic mass is 9.96. The number of nitrogens with zero attached hydrogens (tertiary/aromatic N) is 1. The first kappa shape index (κ1) is 20.8. The van der Waals surface area contributed by atoms with Crippen molar-refractivity contribution in [2.24, 2.45) is 11.7 Å². The van der Waals surface area contributed by atoms with Crippen LogP contribution >= 0.6 is 28.3 Å². The maximum atomic E-state index is 13.9. The van der Waals surface area contributed by atoms with Crippen LogP contribution in [0.4, 0.5) is 8.78 Å². The largest absolute Gasteiger partial charge is 0.355 e. The fourth-order valence-corrected chi connectivity index (χ4v) is 3.02. The molecule has 2 rings (SSSR count). The summed E-state index contributed by atoms with van der Waals surface area (Å²) < 4.78 is 28.1. The summed E-state index contributed by atoms with van der Waals surface area (Å²) in [6.45, 7) is 1.20. The van der Waals surface area contributed by atoms with Gasteiger partial charge in [0.1, 0.15) is 17.2 Å². The number of halogens is 4. The van der Waals surface area contributed by atoms with Crippen LogP contribution in [0.25, 0.3) is 0 Å². The van der Waals surface area contributed by atoms with Crippen LogP contribution in [0, 0.1) is 17.6 Å². The van der Waals surface area contributed by atoms with Crippen molar-refractivity contribution in [3.05, 3.63) is 33.8 Å². The molecular weight excluding hydrogens is 408 g/mol. The number of hydrogen-bond acceptors (Lipinski definition) is 3. The highest BCUT2D eigenvalue weighted by Crippen LogP contribution is 2.24. The highest BCUT2D eigenvalue weighted by molar-refractivity contribution is 9.10. The Bertz CT molecular complexity index is 595. The van der Waals surface area contributed by atoms with Crippen LogP contribution in [0.5, 0.6) is 0 Å². The zero-order valence-electron chi connectivity index (χ0n) is 12.9. The zero-order valence-corrected chi connectivity index (χ0v) is 15.3. The minimum Gasteiger partial charge on any atom is -0.355 e. The van der Waals surface area contributed by atoms with Gasteiger partial charge in [-0.15, -0.1) is 12.4 Å². The highest BCUT2D eigenvalue weighted by atomic mass is 79.9. The number of rotatable bonds is 4. The molecule has 0 spiro atoms. The summed E-state index contributed by atoms with van der Waals surface area (Å²) in [5.41, 5.74) is 4.75. The van der Waals surface area contributed by atoms with Crippen molar-refractivity contribution >= 4 is 40.2 Å². The van der Waals surface area contributed by atoms with Gasteiger partial charge in [0.05, 0.1) is 5.92 Å². The molecule has 1 fully saturated rings. The molecule has 0 bridgehead atoms. The molecule has 2 amide bonds. The lowest BCUT2D eigenvalue weighted by Gasteiger charge is -2.32. The summed E-state index contributed by atoms with van der Waals surface area (Å²) >= 11 is 2.98. The van der Waals surface area contributed by atoms with Crippen LogP contribution in [0.2, 0.25) is 0 Å². The Morgan fingerprint density at radius 1 is 1.33 bits per heavy atom. The molecule has 1 aromatic rings. The van der Waals surface area contributed by atoms with E-state index < -0.39 is 23.1 Å². The van der Waals surface area contributed by atoms with Crippen LogP contribution in [0.1, 0.15) is 23.2 Å². The van der Waals surface area contributed by atoms with Crippen molar-refractivity contribution < 1.29 is 18.4 Å². The summed E-state index contributed by atoms with van der Waals surface area (Å²) in [5.74, 6) is -3.15. The van der Waals surface area contributed by atoms with Gasteiger partial charge in [0.15, 0.2) is 0 Å². The lowest BCUT2D eigenvalue weighted by molar-refractivity contribution is -0.126. The molecule has 5 nitrogen and oxygen atoms in total. The molecule has 134 valence electrons. The number of likely N-dealkylation sites (tertiary alicyclic amines) is 1. The van der Waals surface area contributed by atoms with Crippen LogP contribution in [-0.4, -0.2) is 42.9 Å². The van der Waals surface area contributed by atoms with Crippen molar-refractivity contribution in [2.45, 2.75) is 12.8 Å². The van der Waals surface area contributed by atoms with Crippen molar-refractivity contribution in [2.75, 3.05) is 26.2 Å². The number of nitrogens with two attached hydrogens (primary N) is 1. The molecule has 1 saturated heterocycles. The third kappa shape index (κ3) is 4.87. The van der Waals surface area contributed by atoms with Crippen LogP contribution in [0.3, 0.4) is 0 Å². The van der Waals surface area contributed by atoms with Gasteiger partial charge in [-0.05, 0) is 25.0 Å². The fraction of sp³-hybridized carbons (Fsp3) is 0.467. The number of hydrogen-bond donors (Lipinski definition) is 2. The van der Waals surface area contributed by atoms with E-state index in [1.165, 1.54) is 4.90 Å². The predicted octanol–water partition coefficient (Wildman–Crippen LogP) is 2.08. The minimum absolute atomic E-state index is 0. The second-order valence-electron chi connectivity index (χ2n) is 5.41. The number of benzene rings is 1. The Balaban J connectivity index is 0.00000288. The number of nitrogens with one attached hydrogen (secondary N) is 1. The Morgan fingerprint density at radius 2 is 1.96 bits per heavy atom. The first-order chi connectivity index (χ1) is 10.9. The Kier molecular flexibility index (Phi) is 8.05. The van der Waals surface area contributed by atoms with Crippen LogP contribution < -0.4 is 11.1 Å². The van der Waals surface area contributed by atoms with Crippen LogP contribution in [-0.2, 0) is 4.79 Å². The maximum absolute atomic E-state index is 13.9. The number of piperidine rings is 1. The SMILES string of the molecule is Cl.NCCNC(=O)C1CCCN(C(=O)c2c(F)cc(Br)cc2F)C1. The topological polar surface area (TPSA) is 75.4 Å². The zero-order chi connectivity index (χ0) is 17.0. The quantitative estimate of drug-likeness (QED) is 0.774. The Morgan fingerprint density at radius 3 is 2.54 bits per heavy atom. The first-order valence-electron chi connectivity index (χ1n) is 7.35. The molecule has 1 atom stereocenters. The van der Waals surface area contributed by atoms with E-state index in [-0.39, 0.29) is 35.2 Å². The number of carbonyl (C=O) groups excluding carboxylic acids is 2. The molecule has 1 unspecified atom stereocenters. The average Bonchev–Trinajstić information content (AvgIpc) is 2.51. The molecule has 1 aliphatic rings. The van der Waals surface area contributed by atoms with Crippen molar-refractivity contribution in [1.82, 2.24) is 10.2 Å². The Labute approximate surface area is 153 Å². The van der Waals surface area contributed by atoms with Gasteiger partial charge in [0.2, 0.25) is 5.91 Å². The highest BCUT2D eigenvalue weighted by Gasteiger charge is 2.31. The maximum Gasteiger partial charge on any atom is 0.259 e. The monoisotopic (exact) mass is 425 g/mol. The van der Waals surface area contributed by atoms with Crippen molar-refractivity contribution in [1.29, 1.82) is 0 Å². The molecule has 3 N–H and O–H groups in total. The molecule has 0 aliphatic carbocycles. The van der Waals surface area contributed by atoms with Gasteiger partial charge >= 0.3 is 0 Å². The van der Waals surface area contributed by atoms with Gasteiger partial charge in [-0.2, -0.15) is 0 Å². The molecule has 1 aliphatic heterocycles. The van der Waals surface area contributed by atoms with Crippen LogP contribution in [0.15, 0.2) is 16.6 Å². The minimum atomic E-state index is -0.920. The predicted molar refractivity (Wildman–Crippen MR) is 92.0 cm³/mol. The molecular formula is C15H19BrClF2N3O2. The molecule has 24 heavy (non-hydrogen) atoms. The first-order valence-corrected chi connectivity index (χ1v) is 8.15. The van der Waals surface area contributed by atoms with Gasteiger partial charge in [-0.1, -0.05) is 15.9 Å². The van der Waals surface area contributed by atoms with E-state index >= 15 is 0 Å². The third-order valence-electron chi connectivity index (χ3n) is 3.74. The number of amides is 2. The molecule has 1 aromatic carbocycles. The lowest BCUT2D eigenvalue weighted by Crippen LogP contribution is -2.46. The summed E-state index contributed by atoms with van der Waals surface area (Å²) in [7, 11) is 0. The standard InChI is InChI=1S/C15H18BrF2N3O2.ClH/c16-10-6-11(17)13(12(18)7-10)15(23)21-5-1-2-9(8-21)14(22)20-4-3-19;/h6-7,9H,1-5,8,19H2,(H,20,22);1H. The van der Waals surface area contributed by atoms with E-state index in [9.17, 15) is 18.4 Å². The van der Waals surface area contributed by atoms with E-state index in [2.05, 4.69) is 21.2 Å². The van der Waals surface area contributed by atoms with Gasteiger partial charge in [-0.25, -0.2) is 8.78 Å². The third-order valence-corrected chi connectivity index (χ3v) is 4.20. The van der Waals surface area contributed by atoms with E-state index in [0.29, 0.717) is 32.5 Å². The van der Waals surface area contributed by atoms with E-state index in [1.54, 1.807) is 0 Å². The fourth-order valence-electron chi connectivity index (χ4n) is 2.62. The molecule has 9 heteroatoms. The summed E-state index contributed by atoms with van der Waals surface area (Å²) in [5, 5.41) is 2.68. The molecule has 0 radical (unpaired) electrons. The summed E-state index contributed by atoms with van der Waals surface area (Å²) in [6.07, 6.45) is 1.23. The van der Waals surface area contributed by atoms with Gasteiger partial charge in [0.25, 0.3) is 5.91 Å². The average molecular weight is 427 g/mol. The smallest absolute Gasteiger partial charge is 0.259 e. The second-order valence-corrected chi connectivity index (χ2v) is 6.33. The summed E-state index contributed by atoms with van der Waals surface area (Å²) in [4.78, 5) is 25.7. The molecule has 0 aromatic heterocycles.